The van der Waals surface area contributed by atoms with Gasteiger partial charge in [0.1, 0.15) is 0 Å². The molecule has 1 unspecified atom stereocenters. The van der Waals surface area contributed by atoms with Crippen molar-refractivity contribution in [2.24, 2.45) is 0 Å². The maximum atomic E-state index is 13.1. The fraction of sp³-hybridized carbons (Fsp3) is 0.480. The van der Waals surface area contributed by atoms with Crippen LogP contribution >= 0.6 is 0 Å². The van der Waals surface area contributed by atoms with Gasteiger partial charge in [-0.3, -0.25) is 4.79 Å². The van der Waals surface area contributed by atoms with Crippen LogP contribution in [0.5, 0.6) is 0 Å². The van der Waals surface area contributed by atoms with E-state index in [1.54, 1.807) is 17.0 Å². The summed E-state index contributed by atoms with van der Waals surface area (Å²) in [5.41, 5.74) is 1.77. The van der Waals surface area contributed by atoms with Gasteiger partial charge in [0.15, 0.2) is 0 Å². The molecule has 2 fully saturated rings. The lowest BCUT2D eigenvalue weighted by atomic mass is 9.81. The molecule has 1 saturated carbocycles. The Morgan fingerprint density at radius 2 is 1.78 bits per heavy atom. The van der Waals surface area contributed by atoms with Crippen molar-refractivity contribution in [2.45, 2.75) is 61.5 Å². The van der Waals surface area contributed by atoms with Gasteiger partial charge in [-0.25, -0.2) is 13.1 Å². The number of rotatable bonds is 7. The lowest BCUT2D eigenvalue weighted by Crippen LogP contribution is -2.39. The second-order valence-electron chi connectivity index (χ2n) is 8.85. The van der Waals surface area contributed by atoms with E-state index in [-0.39, 0.29) is 29.5 Å². The minimum absolute atomic E-state index is 0.0771. The molecule has 32 heavy (non-hydrogen) atoms. The molecule has 1 amide bonds. The van der Waals surface area contributed by atoms with Gasteiger partial charge in [0.25, 0.3) is 5.91 Å². The Bertz CT molecular complexity index is 1010. The van der Waals surface area contributed by atoms with Crippen LogP contribution < -0.4 is 4.72 Å². The average molecular weight is 457 g/mol. The first-order valence-corrected chi connectivity index (χ1v) is 13.0. The standard InChI is InChI=1S/C25H32N2O4S/c1-27(22-14-12-20(13-15-22)19-7-3-2-4-8-19)25(28)21-9-5-11-24(17-21)32(29,30)26-18-23-10-6-16-31-23/h2-5,7-9,11,17,20,22-23,26H,6,10,12-16,18H2,1H3. The van der Waals surface area contributed by atoms with E-state index in [4.69, 9.17) is 4.74 Å². The highest BCUT2D eigenvalue weighted by Gasteiger charge is 2.28. The monoisotopic (exact) mass is 456 g/mol. The Labute approximate surface area is 191 Å². The number of ether oxygens (including phenoxy) is 1. The maximum absolute atomic E-state index is 13.1. The predicted molar refractivity (Wildman–Crippen MR) is 124 cm³/mol. The molecule has 1 saturated heterocycles. The molecule has 6 nitrogen and oxygen atoms in total. The SMILES string of the molecule is CN(C(=O)c1cccc(S(=O)(=O)NCC2CCCO2)c1)C1CCC(c2ccccc2)CC1. The van der Waals surface area contributed by atoms with E-state index in [0.29, 0.717) is 18.1 Å². The van der Waals surface area contributed by atoms with Crippen LogP contribution in [0, 0.1) is 0 Å². The van der Waals surface area contributed by atoms with Gasteiger partial charge in [0, 0.05) is 31.8 Å². The highest BCUT2D eigenvalue weighted by atomic mass is 32.2. The van der Waals surface area contributed by atoms with Crippen molar-refractivity contribution in [1.29, 1.82) is 0 Å². The molecule has 2 aromatic rings. The van der Waals surface area contributed by atoms with Crippen LogP contribution in [-0.4, -0.2) is 51.6 Å². The van der Waals surface area contributed by atoms with Gasteiger partial charge in [-0.05, 0) is 68.2 Å². The van der Waals surface area contributed by atoms with Crippen LogP contribution in [0.1, 0.15) is 60.4 Å². The number of hydrogen-bond acceptors (Lipinski definition) is 4. The van der Waals surface area contributed by atoms with Gasteiger partial charge in [0.2, 0.25) is 10.0 Å². The largest absolute Gasteiger partial charge is 0.377 e. The van der Waals surface area contributed by atoms with Crippen molar-refractivity contribution >= 4 is 15.9 Å². The Hall–Kier alpha value is -2.22. The van der Waals surface area contributed by atoms with Gasteiger partial charge in [0.05, 0.1) is 11.0 Å². The minimum Gasteiger partial charge on any atom is -0.377 e. The van der Waals surface area contributed by atoms with E-state index in [0.717, 1.165) is 38.5 Å². The molecule has 0 radical (unpaired) electrons. The molecule has 0 aromatic heterocycles. The van der Waals surface area contributed by atoms with E-state index >= 15 is 0 Å². The van der Waals surface area contributed by atoms with Crippen LogP contribution in [0.25, 0.3) is 0 Å². The number of amides is 1. The van der Waals surface area contributed by atoms with Crippen molar-refractivity contribution in [1.82, 2.24) is 9.62 Å². The first-order valence-electron chi connectivity index (χ1n) is 11.5. The Morgan fingerprint density at radius 1 is 1.03 bits per heavy atom. The number of benzene rings is 2. The fourth-order valence-corrected chi connectivity index (χ4v) is 5.89. The molecule has 0 bridgehead atoms. The van der Waals surface area contributed by atoms with Crippen LogP contribution in [0.4, 0.5) is 0 Å². The third kappa shape index (κ3) is 5.39. The van der Waals surface area contributed by atoms with Gasteiger partial charge in [-0.1, -0.05) is 36.4 Å². The molecule has 2 aliphatic rings. The molecule has 1 aliphatic heterocycles. The summed E-state index contributed by atoms with van der Waals surface area (Å²) in [7, 11) is -1.87. The Morgan fingerprint density at radius 3 is 2.47 bits per heavy atom. The third-order valence-electron chi connectivity index (χ3n) is 6.75. The molecule has 1 atom stereocenters. The number of nitrogens with one attached hydrogen (secondary N) is 1. The van der Waals surface area contributed by atoms with Gasteiger partial charge in [-0.15, -0.1) is 0 Å². The second-order valence-corrected chi connectivity index (χ2v) is 10.6. The lowest BCUT2D eigenvalue weighted by molar-refractivity contribution is 0.0689. The molecule has 7 heteroatoms. The normalized spacial score (nSPS) is 23.7. The summed E-state index contributed by atoms with van der Waals surface area (Å²) in [5.74, 6) is 0.406. The predicted octanol–water partition coefficient (Wildman–Crippen LogP) is 3.94. The van der Waals surface area contributed by atoms with Crippen LogP contribution in [0.2, 0.25) is 0 Å². The zero-order chi connectivity index (χ0) is 22.6. The molecular formula is C25H32N2O4S. The summed E-state index contributed by atoms with van der Waals surface area (Å²) in [5, 5.41) is 0. The first kappa shape index (κ1) is 23.0. The van der Waals surface area contributed by atoms with Crippen molar-refractivity contribution < 1.29 is 17.9 Å². The van der Waals surface area contributed by atoms with Gasteiger partial charge < -0.3 is 9.64 Å². The van der Waals surface area contributed by atoms with E-state index in [1.807, 2.05) is 13.1 Å². The summed E-state index contributed by atoms with van der Waals surface area (Å²) >= 11 is 0. The number of carbonyl (C=O) groups excluding carboxylic acids is 1. The second kappa shape index (κ2) is 10.1. The highest BCUT2D eigenvalue weighted by Crippen LogP contribution is 2.34. The molecular weight excluding hydrogens is 424 g/mol. The van der Waals surface area contributed by atoms with Crippen molar-refractivity contribution in [3.05, 3.63) is 65.7 Å². The molecule has 4 rings (SSSR count). The number of nitrogens with zero attached hydrogens (tertiary/aromatic N) is 1. The molecule has 1 heterocycles. The fourth-order valence-electron chi connectivity index (χ4n) is 4.78. The maximum Gasteiger partial charge on any atom is 0.253 e. The molecule has 2 aromatic carbocycles. The van der Waals surface area contributed by atoms with Gasteiger partial charge in [-0.2, -0.15) is 0 Å². The zero-order valence-electron chi connectivity index (χ0n) is 18.6. The zero-order valence-corrected chi connectivity index (χ0v) is 19.4. The van der Waals surface area contributed by atoms with Crippen LogP contribution in [-0.2, 0) is 14.8 Å². The minimum atomic E-state index is -3.69. The average Bonchev–Trinajstić information content (AvgIpc) is 3.37. The van der Waals surface area contributed by atoms with Crippen molar-refractivity contribution in [3.63, 3.8) is 0 Å². The topological polar surface area (TPSA) is 75.7 Å². The molecule has 1 aliphatic carbocycles. The molecule has 1 N–H and O–H groups in total. The summed E-state index contributed by atoms with van der Waals surface area (Å²) < 4.78 is 33.5. The summed E-state index contributed by atoms with van der Waals surface area (Å²) in [6.45, 7) is 0.932. The third-order valence-corrected chi connectivity index (χ3v) is 8.17. The van der Waals surface area contributed by atoms with Crippen LogP contribution in [0.3, 0.4) is 0 Å². The van der Waals surface area contributed by atoms with E-state index in [2.05, 4.69) is 29.0 Å². The van der Waals surface area contributed by atoms with E-state index < -0.39 is 10.0 Å². The summed E-state index contributed by atoms with van der Waals surface area (Å²) in [6.07, 6.45) is 5.73. The Balaban J connectivity index is 1.37. The first-order chi connectivity index (χ1) is 15.4. The van der Waals surface area contributed by atoms with Gasteiger partial charge >= 0.3 is 0 Å². The Kier molecular flexibility index (Phi) is 7.28. The highest BCUT2D eigenvalue weighted by molar-refractivity contribution is 7.89. The van der Waals surface area contributed by atoms with Crippen LogP contribution in [0.15, 0.2) is 59.5 Å². The van der Waals surface area contributed by atoms with Crippen molar-refractivity contribution in [3.8, 4) is 0 Å². The summed E-state index contributed by atoms with van der Waals surface area (Å²) in [6, 6.07) is 17.0. The smallest absolute Gasteiger partial charge is 0.253 e. The van der Waals surface area contributed by atoms with E-state index in [9.17, 15) is 13.2 Å². The van der Waals surface area contributed by atoms with E-state index in [1.165, 1.54) is 17.7 Å². The summed E-state index contributed by atoms with van der Waals surface area (Å²) in [4.78, 5) is 15.0. The number of sulfonamides is 1. The quantitative estimate of drug-likeness (QED) is 0.685. The van der Waals surface area contributed by atoms with Crippen molar-refractivity contribution in [2.75, 3.05) is 20.2 Å². The lowest BCUT2D eigenvalue weighted by Gasteiger charge is -2.35. The number of carbonyl (C=O) groups is 1. The molecule has 172 valence electrons. The number of hydrogen-bond donors (Lipinski definition) is 1. The molecule has 0 spiro atoms.